The Balaban J connectivity index is 1.93. The highest BCUT2D eigenvalue weighted by Gasteiger charge is 2.28. The highest BCUT2D eigenvalue weighted by Crippen LogP contribution is 2.21. The van der Waals surface area contributed by atoms with Crippen LogP contribution in [-0.2, 0) is 16.1 Å². The Labute approximate surface area is 122 Å². The molecule has 0 aromatic heterocycles. The molecule has 2 amide bonds. The standard InChI is InChI=1S/C14H17N5O2/c1-10(20)17-13-4-2-11(3-5-13)8-19-9-12(6-14(19)21)7-16-18-15/h2-5,12H,6-9H2,1H3,(H,17,20). The summed E-state index contributed by atoms with van der Waals surface area (Å²) in [4.78, 5) is 27.3. The number of benzene rings is 1. The Morgan fingerprint density at radius 2 is 2.19 bits per heavy atom. The molecule has 1 aliphatic heterocycles. The molecule has 7 heteroatoms. The molecule has 1 unspecified atom stereocenters. The third-order valence-corrected chi connectivity index (χ3v) is 3.35. The lowest BCUT2D eigenvalue weighted by Gasteiger charge is -2.16. The number of amides is 2. The number of anilines is 1. The summed E-state index contributed by atoms with van der Waals surface area (Å²) in [5.41, 5.74) is 10.0. The second kappa shape index (κ2) is 6.76. The van der Waals surface area contributed by atoms with E-state index in [9.17, 15) is 9.59 Å². The van der Waals surface area contributed by atoms with Crippen LogP contribution in [0.2, 0.25) is 0 Å². The summed E-state index contributed by atoms with van der Waals surface area (Å²) >= 11 is 0. The van der Waals surface area contributed by atoms with Gasteiger partial charge in [0, 0.05) is 43.6 Å². The molecule has 21 heavy (non-hydrogen) atoms. The summed E-state index contributed by atoms with van der Waals surface area (Å²) in [6, 6.07) is 7.40. The molecule has 1 aliphatic rings. The van der Waals surface area contributed by atoms with Gasteiger partial charge >= 0.3 is 0 Å². The molecular formula is C14H17N5O2. The van der Waals surface area contributed by atoms with Crippen molar-refractivity contribution in [2.45, 2.75) is 19.9 Å². The highest BCUT2D eigenvalue weighted by atomic mass is 16.2. The van der Waals surface area contributed by atoms with Crippen molar-refractivity contribution in [1.82, 2.24) is 4.90 Å². The average molecular weight is 287 g/mol. The van der Waals surface area contributed by atoms with Gasteiger partial charge in [0.15, 0.2) is 0 Å². The Morgan fingerprint density at radius 1 is 1.48 bits per heavy atom. The molecule has 2 rings (SSSR count). The quantitative estimate of drug-likeness (QED) is 0.510. The lowest BCUT2D eigenvalue weighted by molar-refractivity contribution is -0.128. The summed E-state index contributed by atoms with van der Waals surface area (Å²) in [5.74, 6) is 0.0736. The summed E-state index contributed by atoms with van der Waals surface area (Å²) < 4.78 is 0. The number of hydrogen-bond acceptors (Lipinski definition) is 3. The van der Waals surface area contributed by atoms with Crippen molar-refractivity contribution in [3.8, 4) is 0 Å². The monoisotopic (exact) mass is 287 g/mol. The molecule has 1 atom stereocenters. The first kappa shape index (κ1) is 14.9. The normalized spacial score (nSPS) is 17.5. The van der Waals surface area contributed by atoms with Crippen LogP contribution in [0.3, 0.4) is 0 Å². The van der Waals surface area contributed by atoms with E-state index in [1.165, 1.54) is 6.92 Å². The van der Waals surface area contributed by atoms with Crippen LogP contribution in [0, 0.1) is 5.92 Å². The number of hydrogen-bond donors (Lipinski definition) is 1. The fraction of sp³-hybridized carbons (Fsp3) is 0.429. The van der Waals surface area contributed by atoms with Crippen LogP contribution < -0.4 is 5.32 Å². The topological polar surface area (TPSA) is 98.2 Å². The second-order valence-corrected chi connectivity index (χ2v) is 5.14. The van der Waals surface area contributed by atoms with Crippen LogP contribution in [0.25, 0.3) is 10.4 Å². The zero-order chi connectivity index (χ0) is 15.2. The minimum atomic E-state index is -0.113. The lowest BCUT2D eigenvalue weighted by Crippen LogP contribution is -2.24. The lowest BCUT2D eigenvalue weighted by atomic mass is 10.1. The molecule has 1 N–H and O–H groups in total. The van der Waals surface area contributed by atoms with Crippen molar-refractivity contribution in [1.29, 1.82) is 0 Å². The van der Waals surface area contributed by atoms with Gasteiger partial charge < -0.3 is 10.2 Å². The van der Waals surface area contributed by atoms with E-state index in [1.807, 2.05) is 24.3 Å². The first-order valence-corrected chi connectivity index (χ1v) is 6.73. The minimum Gasteiger partial charge on any atom is -0.338 e. The van der Waals surface area contributed by atoms with Gasteiger partial charge in [-0.05, 0) is 29.1 Å². The summed E-state index contributed by atoms with van der Waals surface area (Å²) in [6.45, 7) is 2.97. The van der Waals surface area contributed by atoms with Gasteiger partial charge in [0.1, 0.15) is 0 Å². The molecule has 1 saturated heterocycles. The molecule has 0 aliphatic carbocycles. The van der Waals surface area contributed by atoms with Gasteiger partial charge in [-0.15, -0.1) is 0 Å². The third-order valence-electron chi connectivity index (χ3n) is 3.35. The fourth-order valence-corrected chi connectivity index (χ4v) is 2.40. The molecule has 1 heterocycles. The maximum Gasteiger partial charge on any atom is 0.223 e. The molecule has 1 aromatic rings. The van der Waals surface area contributed by atoms with E-state index in [0.29, 0.717) is 26.1 Å². The van der Waals surface area contributed by atoms with Crippen LogP contribution in [0.15, 0.2) is 29.4 Å². The van der Waals surface area contributed by atoms with Crippen molar-refractivity contribution >= 4 is 17.5 Å². The summed E-state index contributed by atoms with van der Waals surface area (Å²) in [7, 11) is 0. The number of carbonyl (C=O) groups is 2. The van der Waals surface area contributed by atoms with Gasteiger partial charge in [0.25, 0.3) is 0 Å². The summed E-state index contributed by atoms with van der Waals surface area (Å²) in [6.07, 6.45) is 0.434. The van der Waals surface area contributed by atoms with Crippen molar-refractivity contribution in [3.05, 3.63) is 40.3 Å². The van der Waals surface area contributed by atoms with Crippen molar-refractivity contribution in [2.24, 2.45) is 11.0 Å². The van der Waals surface area contributed by atoms with E-state index in [1.54, 1.807) is 4.90 Å². The Morgan fingerprint density at radius 3 is 2.81 bits per heavy atom. The van der Waals surface area contributed by atoms with Crippen molar-refractivity contribution in [2.75, 3.05) is 18.4 Å². The van der Waals surface area contributed by atoms with Gasteiger partial charge in [-0.2, -0.15) is 0 Å². The molecule has 110 valence electrons. The average Bonchev–Trinajstić information content (AvgIpc) is 2.78. The predicted molar refractivity (Wildman–Crippen MR) is 78.3 cm³/mol. The number of nitrogens with zero attached hydrogens (tertiary/aromatic N) is 4. The van der Waals surface area contributed by atoms with E-state index in [-0.39, 0.29) is 17.7 Å². The van der Waals surface area contributed by atoms with Gasteiger partial charge in [-0.1, -0.05) is 17.2 Å². The van der Waals surface area contributed by atoms with Gasteiger partial charge in [0.2, 0.25) is 11.8 Å². The van der Waals surface area contributed by atoms with Crippen LogP contribution in [0.1, 0.15) is 18.9 Å². The molecule has 0 radical (unpaired) electrons. The van der Waals surface area contributed by atoms with Gasteiger partial charge in [0.05, 0.1) is 0 Å². The van der Waals surface area contributed by atoms with Crippen LogP contribution in [0.4, 0.5) is 5.69 Å². The van der Waals surface area contributed by atoms with E-state index < -0.39 is 0 Å². The maximum absolute atomic E-state index is 11.9. The Kier molecular flexibility index (Phi) is 4.79. The number of rotatable bonds is 5. The molecular weight excluding hydrogens is 270 g/mol. The van der Waals surface area contributed by atoms with E-state index >= 15 is 0 Å². The predicted octanol–water partition coefficient (Wildman–Crippen LogP) is 2.30. The first-order chi connectivity index (χ1) is 10.1. The molecule has 7 nitrogen and oxygen atoms in total. The van der Waals surface area contributed by atoms with Gasteiger partial charge in [-0.25, -0.2) is 0 Å². The van der Waals surface area contributed by atoms with Gasteiger partial charge in [-0.3, -0.25) is 9.59 Å². The fourth-order valence-electron chi connectivity index (χ4n) is 2.40. The smallest absolute Gasteiger partial charge is 0.223 e. The first-order valence-electron chi connectivity index (χ1n) is 6.73. The number of carbonyl (C=O) groups excluding carboxylic acids is 2. The van der Waals surface area contributed by atoms with E-state index in [0.717, 1.165) is 11.3 Å². The number of likely N-dealkylation sites (tertiary alicyclic amines) is 1. The maximum atomic E-state index is 11.9. The van der Waals surface area contributed by atoms with Crippen molar-refractivity contribution in [3.63, 3.8) is 0 Å². The third kappa shape index (κ3) is 4.22. The van der Waals surface area contributed by atoms with Crippen LogP contribution in [-0.4, -0.2) is 29.8 Å². The number of azide groups is 1. The molecule has 0 bridgehead atoms. The van der Waals surface area contributed by atoms with E-state index in [2.05, 4.69) is 15.3 Å². The highest BCUT2D eigenvalue weighted by molar-refractivity contribution is 5.88. The van der Waals surface area contributed by atoms with Crippen molar-refractivity contribution < 1.29 is 9.59 Å². The summed E-state index contributed by atoms with van der Waals surface area (Å²) in [5, 5.41) is 6.23. The Bertz CT molecular complexity index is 578. The molecule has 0 saturated carbocycles. The number of nitrogens with one attached hydrogen (secondary N) is 1. The minimum absolute atomic E-state index is 0.0825. The zero-order valence-corrected chi connectivity index (χ0v) is 11.8. The van der Waals surface area contributed by atoms with Crippen LogP contribution >= 0.6 is 0 Å². The van der Waals surface area contributed by atoms with Crippen LogP contribution in [0.5, 0.6) is 0 Å². The molecule has 0 spiro atoms. The SMILES string of the molecule is CC(=O)Nc1ccc(CN2CC(CN=[N+]=[N-])CC2=O)cc1. The molecule has 1 aromatic carbocycles. The van der Waals surface area contributed by atoms with E-state index in [4.69, 9.17) is 5.53 Å². The molecule has 1 fully saturated rings. The largest absolute Gasteiger partial charge is 0.338 e. The second-order valence-electron chi connectivity index (χ2n) is 5.14. The zero-order valence-electron chi connectivity index (χ0n) is 11.8. The Hall–Kier alpha value is -2.53.